The number of rotatable bonds is 4. The van der Waals surface area contributed by atoms with Gasteiger partial charge in [-0.1, -0.05) is 23.7 Å². The summed E-state index contributed by atoms with van der Waals surface area (Å²) in [5.74, 6) is 2.69. The Morgan fingerprint density at radius 2 is 1.63 bits per heavy atom. The highest BCUT2D eigenvalue weighted by molar-refractivity contribution is 6.33. The summed E-state index contributed by atoms with van der Waals surface area (Å²) in [6, 6.07) is 7.15. The molecule has 2 amide bonds. The number of nitrogens with zero attached hydrogens (tertiary/aromatic N) is 1. The first kappa shape index (κ1) is 20.3. The van der Waals surface area contributed by atoms with Gasteiger partial charge in [-0.25, -0.2) is 0 Å². The molecular weight excluding hydrogens is 398 g/mol. The highest BCUT2D eigenvalue weighted by Crippen LogP contribution is 2.55. The number of hydrogen-bond acceptors (Lipinski definition) is 2. The minimum atomic E-state index is -0.0735. The van der Waals surface area contributed by atoms with Crippen molar-refractivity contribution in [3.63, 3.8) is 0 Å². The topological polar surface area (TPSA) is 53.9 Å². The van der Waals surface area contributed by atoms with Crippen molar-refractivity contribution < 1.29 is 14.5 Å². The van der Waals surface area contributed by atoms with E-state index in [2.05, 4.69) is 12.2 Å². The minimum Gasteiger partial charge on any atom is -0.345 e. The van der Waals surface area contributed by atoms with Gasteiger partial charge in [0, 0.05) is 5.54 Å². The second kappa shape index (κ2) is 7.83. The van der Waals surface area contributed by atoms with Gasteiger partial charge in [0.25, 0.3) is 11.8 Å². The average Bonchev–Trinajstić information content (AvgIpc) is 2.72. The molecular formula is C24H33ClN3O2+. The summed E-state index contributed by atoms with van der Waals surface area (Å²) in [7, 11) is 0. The van der Waals surface area contributed by atoms with Crippen LogP contribution in [0.4, 0.5) is 0 Å². The molecule has 5 fully saturated rings. The van der Waals surface area contributed by atoms with Crippen LogP contribution in [0.1, 0.15) is 55.8 Å². The van der Waals surface area contributed by atoms with Gasteiger partial charge in [0.1, 0.15) is 0 Å². The molecule has 5 nitrogen and oxygen atoms in total. The molecule has 1 aromatic carbocycles. The third-order valence-corrected chi connectivity index (χ3v) is 8.56. The lowest BCUT2D eigenvalue weighted by molar-refractivity contribution is -0.918. The minimum absolute atomic E-state index is 0.00896. The molecule has 1 aliphatic heterocycles. The summed E-state index contributed by atoms with van der Waals surface area (Å²) in [5, 5.41) is 4.03. The van der Waals surface area contributed by atoms with Crippen LogP contribution in [0, 0.1) is 17.8 Å². The van der Waals surface area contributed by atoms with Crippen molar-refractivity contribution in [1.82, 2.24) is 10.2 Å². The van der Waals surface area contributed by atoms with E-state index >= 15 is 0 Å². The molecule has 0 spiro atoms. The molecule has 0 aromatic heterocycles. The Bertz CT molecular complexity index is 798. The molecule has 1 heterocycles. The van der Waals surface area contributed by atoms with Crippen molar-refractivity contribution in [3.8, 4) is 0 Å². The Hall–Kier alpha value is -1.59. The fourth-order valence-corrected chi connectivity index (χ4v) is 7.27. The number of benzene rings is 1. The fraction of sp³-hybridized carbons (Fsp3) is 0.667. The van der Waals surface area contributed by atoms with Gasteiger partial charge in [-0.2, -0.15) is 0 Å². The van der Waals surface area contributed by atoms with Gasteiger partial charge in [0.15, 0.2) is 6.04 Å². The molecule has 4 saturated carbocycles. The molecule has 0 unspecified atom stereocenters. The maximum atomic E-state index is 13.2. The lowest BCUT2D eigenvalue weighted by Gasteiger charge is -2.57. The first-order chi connectivity index (χ1) is 14.4. The molecule has 5 aliphatic rings. The summed E-state index contributed by atoms with van der Waals surface area (Å²) < 4.78 is 0. The van der Waals surface area contributed by atoms with Crippen molar-refractivity contribution in [2.45, 2.75) is 57.0 Å². The second-order valence-electron chi connectivity index (χ2n) is 10.3. The smallest absolute Gasteiger partial charge is 0.278 e. The zero-order chi connectivity index (χ0) is 20.9. The van der Waals surface area contributed by atoms with Crippen LogP contribution in [0.25, 0.3) is 0 Å². The molecule has 2 N–H and O–H groups in total. The van der Waals surface area contributed by atoms with Gasteiger partial charge in [-0.3, -0.25) is 9.59 Å². The highest BCUT2D eigenvalue weighted by Gasteiger charge is 2.52. The van der Waals surface area contributed by atoms with E-state index in [4.69, 9.17) is 11.6 Å². The van der Waals surface area contributed by atoms with Crippen LogP contribution in [-0.4, -0.2) is 54.5 Å². The maximum Gasteiger partial charge on any atom is 0.278 e. The zero-order valence-electron chi connectivity index (χ0n) is 17.8. The quantitative estimate of drug-likeness (QED) is 0.769. The largest absolute Gasteiger partial charge is 0.345 e. The number of hydrogen-bond donors (Lipinski definition) is 2. The van der Waals surface area contributed by atoms with E-state index in [9.17, 15) is 9.59 Å². The summed E-state index contributed by atoms with van der Waals surface area (Å²) in [5.41, 5.74) is 0.636. The predicted molar refractivity (Wildman–Crippen MR) is 117 cm³/mol. The molecule has 1 saturated heterocycles. The van der Waals surface area contributed by atoms with Crippen molar-refractivity contribution in [1.29, 1.82) is 0 Å². The third kappa shape index (κ3) is 3.75. The van der Waals surface area contributed by atoms with Gasteiger partial charge < -0.3 is 15.1 Å². The van der Waals surface area contributed by atoms with Crippen molar-refractivity contribution in [2.24, 2.45) is 17.8 Å². The molecule has 1 atom stereocenters. The number of halogens is 1. The first-order valence-electron chi connectivity index (χ1n) is 11.6. The van der Waals surface area contributed by atoms with Crippen LogP contribution in [0.5, 0.6) is 0 Å². The molecule has 162 valence electrons. The van der Waals surface area contributed by atoms with E-state index in [1.165, 1.54) is 43.4 Å². The Morgan fingerprint density at radius 3 is 2.20 bits per heavy atom. The van der Waals surface area contributed by atoms with Crippen molar-refractivity contribution in [3.05, 3.63) is 34.9 Å². The first-order valence-corrected chi connectivity index (χ1v) is 12.0. The van der Waals surface area contributed by atoms with Gasteiger partial charge in [-0.15, -0.1) is 0 Å². The van der Waals surface area contributed by atoms with Gasteiger partial charge in [-0.05, 0) is 75.3 Å². The number of quaternary nitrogens is 1. The van der Waals surface area contributed by atoms with Crippen LogP contribution in [0.2, 0.25) is 5.02 Å². The van der Waals surface area contributed by atoms with Crippen LogP contribution in [0.15, 0.2) is 24.3 Å². The Labute approximate surface area is 184 Å². The molecule has 30 heavy (non-hydrogen) atoms. The predicted octanol–water partition coefficient (Wildman–Crippen LogP) is 2.15. The summed E-state index contributed by atoms with van der Waals surface area (Å²) >= 11 is 6.20. The van der Waals surface area contributed by atoms with Crippen molar-refractivity contribution >= 4 is 23.4 Å². The summed E-state index contributed by atoms with van der Waals surface area (Å²) in [6.45, 7) is 4.97. The Balaban J connectivity index is 1.17. The summed E-state index contributed by atoms with van der Waals surface area (Å²) in [4.78, 5) is 29.1. The van der Waals surface area contributed by atoms with Crippen molar-refractivity contribution in [2.75, 3.05) is 26.2 Å². The standard InChI is InChI=1S/C24H32ClN3O2/c1-16(22(29)26-24-13-17-10-18(14-24)12-19(11-17)15-24)27-6-8-28(9-7-27)23(30)20-4-2-3-5-21(20)25/h2-5,16-19H,6-15H2,1H3,(H,26,29)/p+1/t16-,17?,18?,19?,24?/m0/s1. The Kier molecular flexibility index (Phi) is 5.30. The Morgan fingerprint density at radius 1 is 1.07 bits per heavy atom. The van der Waals surface area contributed by atoms with E-state index in [0.717, 1.165) is 30.8 Å². The second-order valence-corrected chi connectivity index (χ2v) is 10.7. The van der Waals surface area contributed by atoms with E-state index in [-0.39, 0.29) is 23.4 Å². The van der Waals surface area contributed by atoms with Gasteiger partial charge in [0.05, 0.1) is 36.8 Å². The number of piperazine rings is 1. The highest BCUT2D eigenvalue weighted by atomic mass is 35.5. The summed E-state index contributed by atoms with van der Waals surface area (Å²) in [6.07, 6.45) is 7.72. The normalized spacial score (nSPS) is 34.1. The number of nitrogens with one attached hydrogen (secondary N) is 2. The van der Waals surface area contributed by atoms with E-state index < -0.39 is 0 Å². The molecule has 1 aromatic rings. The molecule has 4 bridgehead atoms. The molecule has 4 aliphatic carbocycles. The number of carbonyl (C=O) groups excluding carboxylic acids is 2. The average molecular weight is 431 g/mol. The number of amides is 2. The molecule has 0 radical (unpaired) electrons. The van der Waals surface area contributed by atoms with Gasteiger partial charge in [0.2, 0.25) is 0 Å². The van der Waals surface area contributed by atoms with E-state index in [0.29, 0.717) is 23.7 Å². The molecule has 6 rings (SSSR count). The van der Waals surface area contributed by atoms with E-state index in [1.807, 2.05) is 17.0 Å². The number of carbonyl (C=O) groups is 2. The maximum absolute atomic E-state index is 13.2. The lowest BCUT2D eigenvalue weighted by atomic mass is 9.53. The van der Waals surface area contributed by atoms with Crippen LogP contribution in [-0.2, 0) is 4.79 Å². The van der Waals surface area contributed by atoms with Gasteiger partial charge >= 0.3 is 0 Å². The third-order valence-electron chi connectivity index (χ3n) is 8.23. The fourth-order valence-electron chi connectivity index (χ4n) is 7.05. The van der Waals surface area contributed by atoms with Crippen LogP contribution < -0.4 is 10.2 Å². The van der Waals surface area contributed by atoms with Crippen LogP contribution >= 0.6 is 11.6 Å². The monoisotopic (exact) mass is 430 g/mol. The van der Waals surface area contributed by atoms with E-state index in [1.54, 1.807) is 12.1 Å². The molecule has 6 heteroatoms. The lowest BCUT2D eigenvalue weighted by Crippen LogP contribution is -3.19. The zero-order valence-corrected chi connectivity index (χ0v) is 18.6. The SMILES string of the molecule is C[C@@H](C(=O)NC12CC3CC(CC(C3)C1)C2)[NH+]1CCN(C(=O)c2ccccc2Cl)CC1. The van der Waals surface area contributed by atoms with Crippen LogP contribution in [0.3, 0.4) is 0 Å².